The van der Waals surface area contributed by atoms with E-state index in [9.17, 15) is 35.4 Å². The van der Waals surface area contributed by atoms with Crippen molar-refractivity contribution in [1.82, 2.24) is 0 Å². The highest BCUT2D eigenvalue weighted by atomic mass is 16.6. The van der Waals surface area contributed by atoms with Crippen molar-refractivity contribution >= 4 is 5.97 Å². The molecule has 9 nitrogen and oxygen atoms in total. The fraction of sp³-hybridized carbons (Fsp3) is 0.136. The van der Waals surface area contributed by atoms with Crippen molar-refractivity contribution in [2.24, 2.45) is 0 Å². The molecule has 0 radical (unpaired) electrons. The van der Waals surface area contributed by atoms with Crippen LogP contribution < -0.4 is 4.74 Å². The van der Waals surface area contributed by atoms with Crippen LogP contribution in [0.1, 0.15) is 15.9 Å². The smallest absolute Gasteiger partial charge is 0.339 e. The van der Waals surface area contributed by atoms with Crippen LogP contribution in [0, 0.1) is 0 Å². The lowest BCUT2D eigenvalue weighted by molar-refractivity contribution is 0.0131. The van der Waals surface area contributed by atoms with Gasteiger partial charge in [0.15, 0.2) is 17.2 Å². The number of fused-ring (bicyclic) bond motifs is 1. The van der Waals surface area contributed by atoms with Gasteiger partial charge in [0.05, 0.1) is 5.56 Å². The Bertz CT molecular complexity index is 1160. The highest BCUT2D eigenvalue weighted by Crippen LogP contribution is 2.43. The van der Waals surface area contributed by atoms with Gasteiger partial charge in [-0.15, -0.1) is 0 Å². The number of hydrogen-bond acceptors (Lipinski definition) is 9. The molecular weight excluding hydrogens is 408 g/mol. The van der Waals surface area contributed by atoms with Gasteiger partial charge in [-0.25, -0.2) is 4.79 Å². The molecule has 0 bridgehead atoms. The van der Waals surface area contributed by atoms with Crippen LogP contribution >= 0.6 is 0 Å². The molecule has 1 aliphatic rings. The summed E-state index contributed by atoms with van der Waals surface area (Å²) in [5.41, 5.74) is 0.404. The largest absolute Gasteiger partial charge is 0.508 e. The van der Waals surface area contributed by atoms with E-state index in [-0.39, 0.29) is 29.0 Å². The molecule has 0 aliphatic carbocycles. The van der Waals surface area contributed by atoms with Crippen molar-refractivity contribution in [1.29, 1.82) is 0 Å². The standard InChI is InChI=1S/C22H18O9/c23-12-2-1-10-3-14(9-30-19(10)8-12)31-22(29)15-6-13(24)7-16(25)20(15)11-4-17(26)21(28)18(27)5-11/h1-2,4-8,14,23-28H,3,9H2/t14-/m0/s1. The first-order valence-electron chi connectivity index (χ1n) is 9.20. The minimum absolute atomic E-state index is 0.0120. The summed E-state index contributed by atoms with van der Waals surface area (Å²) in [5, 5.41) is 58.9. The van der Waals surface area contributed by atoms with Crippen LogP contribution in [-0.2, 0) is 11.2 Å². The molecule has 6 N–H and O–H groups in total. The number of benzene rings is 3. The summed E-state index contributed by atoms with van der Waals surface area (Å²) in [6.07, 6.45) is -0.356. The second kappa shape index (κ2) is 7.52. The Labute approximate surface area is 175 Å². The molecule has 1 atom stereocenters. The highest BCUT2D eigenvalue weighted by Gasteiger charge is 2.27. The van der Waals surface area contributed by atoms with Crippen molar-refractivity contribution < 1.29 is 44.9 Å². The van der Waals surface area contributed by atoms with Crippen molar-refractivity contribution in [3.8, 4) is 51.4 Å². The minimum Gasteiger partial charge on any atom is -0.508 e. The van der Waals surface area contributed by atoms with Crippen LogP contribution in [0.15, 0.2) is 42.5 Å². The van der Waals surface area contributed by atoms with Crippen molar-refractivity contribution in [3.05, 3.63) is 53.6 Å². The number of phenols is 6. The lowest BCUT2D eigenvalue weighted by Gasteiger charge is -2.25. The highest BCUT2D eigenvalue weighted by molar-refractivity contribution is 6.00. The number of aromatic hydroxyl groups is 6. The van der Waals surface area contributed by atoms with Crippen molar-refractivity contribution in [2.75, 3.05) is 6.61 Å². The average molecular weight is 426 g/mol. The Morgan fingerprint density at radius 3 is 2.29 bits per heavy atom. The van der Waals surface area contributed by atoms with Crippen molar-refractivity contribution in [3.63, 3.8) is 0 Å². The van der Waals surface area contributed by atoms with E-state index < -0.39 is 40.8 Å². The zero-order valence-corrected chi connectivity index (χ0v) is 15.9. The maximum atomic E-state index is 12.9. The van der Waals surface area contributed by atoms with Gasteiger partial charge in [0, 0.05) is 24.1 Å². The summed E-state index contributed by atoms with van der Waals surface area (Å²) >= 11 is 0. The third-order valence-electron chi connectivity index (χ3n) is 4.88. The second-order valence-corrected chi connectivity index (χ2v) is 7.09. The molecule has 0 unspecified atom stereocenters. The molecule has 0 saturated carbocycles. The Balaban J connectivity index is 1.67. The fourth-order valence-electron chi connectivity index (χ4n) is 3.45. The van der Waals surface area contributed by atoms with E-state index in [1.54, 1.807) is 6.07 Å². The van der Waals surface area contributed by atoms with Gasteiger partial charge in [-0.2, -0.15) is 0 Å². The number of hydrogen-bond donors (Lipinski definition) is 6. The van der Waals surface area contributed by atoms with Gasteiger partial charge in [-0.3, -0.25) is 0 Å². The molecule has 1 aliphatic heterocycles. The van der Waals surface area contributed by atoms with E-state index in [1.807, 2.05) is 0 Å². The molecule has 1 heterocycles. The topological polar surface area (TPSA) is 157 Å². The summed E-state index contributed by atoms with van der Waals surface area (Å²) in [7, 11) is 0. The lowest BCUT2D eigenvalue weighted by atomic mass is 9.97. The van der Waals surface area contributed by atoms with Gasteiger partial charge in [-0.1, -0.05) is 6.07 Å². The monoisotopic (exact) mass is 426 g/mol. The minimum atomic E-state index is -0.885. The molecule has 4 rings (SSSR count). The van der Waals surface area contributed by atoms with Gasteiger partial charge in [0.1, 0.15) is 35.7 Å². The van der Waals surface area contributed by atoms with E-state index in [1.165, 1.54) is 12.1 Å². The maximum Gasteiger partial charge on any atom is 0.339 e. The second-order valence-electron chi connectivity index (χ2n) is 7.09. The summed E-state index contributed by atoms with van der Waals surface area (Å²) in [4.78, 5) is 12.9. The average Bonchev–Trinajstić information content (AvgIpc) is 2.71. The number of phenolic OH excluding ortho intramolecular Hbond substituents is 6. The van der Waals surface area contributed by atoms with Gasteiger partial charge in [0.25, 0.3) is 0 Å². The van der Waals surface area contributed by atoms with E-state index in [0.717, 1.165) is 29.8 Å². The molecular formula is C22H18O9. The normalized spacial score (nSPS) is 15.0. The number of carbonyl (C=O) groups excluding carboxylic acids is 1. The molecule has 0 amide bonds. The number of ether oxygens (including phenoxy) is 2. The fourth-order valence-corrected chi connectivity index (χ4v) is 3.45. The van der Waals surface area contributed by atoms with Crippen LogP contribution in [0.3, 0.4) is 0 Å². The van der Waals surface area contributed by atoms with Crippen LogP contribution in [0.25, 0.3) is 11.1 Å². The predicted molar refractivity (Wildman–Crippen MR) is 107 cm³/mol. The third-order valence-corrected chi connectivity index (χ3v) is 4.88. The van der Waals surface area contributed by atoms with Crippen molar-refractivity contribution in [2.45, 2.75) is 12.5 Å². The van der Waals surface area contributed by atoms with Crippen LogP contribution in [0.2, 0.25) is 0 Å². The molecule has 31 heavy (non-hydrogen) atoms. The van der Waals surface area contributed by atoms with E-state index in [2.05, 4.69) is 0 Å². The van der Waals surface area contributed by atoms with Gasteiger partial charge >= 0.3 is 5.97 Å². The first-order valence-corrected chi connectivity index (χ1v) is 9.20. The molecule has 0 aromatic heterocycles. The number of esters is 1. The number of rotatable bonds is 3. The molecule has 3 aromatic carbocycles. The first kappa shape index (κ1) is 20.0. The SMILES string of the molecule is O=C(O[C@@H]1COc2cc(O)ccc2C1)c1cc(O)cc(O)c1-c1cc(O)c(O)c(O)c1. The molecule has 0 fully saturated rings. The Morgan fingerprint density at radius 1 is 0.871 bits per heavy atom. The summed E-state index contributed by atoms with van der Waals surface area (Å²) in [6.45, 7) is 0.0309. The van der Waals surface area contributed by atoms with E-state index in [0.29, 0.717) is 12.2 Å². The summed E-state index contributed by atoms with van der Waals surface area (Å²) < 4.78 is 11.0. The zero-order valence-electron chi connectivity index (χ0n) is 15.9. The quantitative estimate of drug-likeness (QED) is 0.274. The Hall–Kier alpha value is -4.27. The zero-order chi connectivity index (χ0) is 22.3. The lowest BCUT2D eigenvalue weighted by Crippen LogP contribution is -2.31. The maximum absolute atomic E-state index is 12.9. The summed E-state index contributed by atoms with van der Waals surface area (Å²) in [5.74, 6) is -3.34. The predicted octanol–water partition coefficient (Wildman–Crippen LogP) is 2.75. The summed E-state index contributed by atoms with van der Waals surface area (Å²) in [6, 6.07) is 8.75. The first-order chi connectivity index (χ1) is 14.7. The molecule has 0 spiro atoms. The molecule has 0 saturated heterocycles. The van der Waals surface area contributed by atoms with E-state index >= 15 is 0 Å². The molecule has 3 aromatic rings. The Kier molecular flexibility index (Phi) is 4.86. The third kappa shape index (κ3) is 3.80. The van der Waals surface area contributed by atoms with Gasteiger partial charge in [0.2, 0.25) is 0 Å². The molecule has 160 valence electrons. The van der Waals surface area contributed by atoms with E-state index in [4.69, 9.17) is 9.47 Å². The van der Waals surface area contributed by atoms with Crippen LogP contribution in [0.5, 0.6) is 40.2 Å². The van der Waals surface area contributed by atoms with Crippen LogP contribution in [0.4, 0.5) is 0 Å². The number of carbonyl (C=O) groups is 1. The molecule has 9 heteroatoms. The Morgan fingerprint density at radius 2 is 1.58 bits per heavy atom. The van der Waals surface area contributed by atoms with Gasteiger partial charge < -0.3 is 40.1 Å². The van der Waals surface area contributed by atoms with Gasteiger partial charge in [-0.05, 0) is 35.4 Å². The van der Waals surface area contributed by atoms with Crippen LogP contribution in [-0.4, -0.2) is 49.3 Å².